The fourth-order valence-electron chi connectivity index (χ4n) is 1.50. The minimum Gasteiger partial charge on any atom is -0.412 e. The van der Waals surface area contributed by atoms with Crippen molar-refractivity contribution in [2.24, 2.45) is 0 Å². The zero-order chi connectivity index (χ0) is 10.7. The fraction of sp³-hybridized carbons (Fsp3) is 0.167. The van der Waals surface area contributed by atoms with E-state index < -0.39 is 0 Å². The first kappa shape index (κ1) is 9.65. The second-order valence-electron chi connectivity index (χ2n) is 3.14. The Morgan fingerprint density at radius 2 is 2.07 bits per heavy atom. The molecule has 3 heteroatoms. The number of carbonyl (C=O) groups excluding carboxylic acids is 1. The Kier molecular flexibility index (Phi) is 2.63. The highest BCUT2D eigenvalue weighted by Crippen LogP contribution is 2.15. The Balaban J connectivity index is 2.44. The van der Waals surface area contributed by atoms with Gasteiger partial charge in [0, 0.05) is 12.1 Å². The Morgan fingerprint density at radius 3 is 2.87 bits per heavy atom. The van der Waals surface area contributed by atoms with E-state index in [2.05, 4.69) is 0 Å². The molecule has 3 nitrogen and oxygen atoms in total. The van der Waals surface area contributed by atoms with Crippen molar-refractivity contribution in [2.45, 2.75) is 6.92 Å². The van der Waals surface area contributed by atoms with Gasteiger partial charge in [0.05, 0.1) is 12.2 Å². The predicted molar refractivity (Wildman–Crippen MR) is 55.7 cm³/mol. The van der Waals surface area contributed by atoms with Crippen LogP contribution < -0.4 is 4.57 Å². The first-order valence-electron chi connectivity index (χ1n) is 4.89. The second kappa shape index (κ2) is 4.09. The first-order valence-corrected chi connectivity index (χ1v) is 4.89. The van der Waals surface area contributed by atoms with Gasteiger partial charge in [0.2, 0.25) is 5.69 Å². The third kappa shape index (κ3) is 1.81. The van der Waals surface area contributed by atoms with Gasteiger partial charge >= 0.3 is 6.09 Å². The number of nitrogens with zero attached hydrogens (tertiary/aromatic N) is 1. The lowest BCUT2D eigenvalue weighted by atomic mass is 10.2. The van der Waals surface area contributed by atoms with Crippen LogP contribution in [0.5, 0.6) is 0 Å². The molecule has 1 aliphatic heterocycles. The summed E-state index contributed by atoms with van der Waals surface area (Å²) in [5.41, 5.74) is 1.88. The summed E-state index contributed by atoms with van der Waals surface area (Å²) in [6.45, 7) is 2.18. The van der Waals surface area contributed by atoms with E-state index in [0.29, 0.717) is 6.61 Å². The summed E-state index contributed by atoms with van der Waals surface area (Å²) in [6, 6.07) is 11.5. The van der Waals surface area contributed by atoms with E-state index in [1.165, 1.54) is 4.57 Å². The van der Waals surface area contributed by atoms with Crippen molar-refractivity contribution in [3.8, 4) is 11.3 Å². The lowest BCUT2D eigenvalue weighted by Crippen LogP contribution is -2.42. The predicted octanol–water partition coefficient (Wildman–Crippen LogP) is 2.08. The lowest BCUT2D eigenvalue weighted by Gasteiger charge is -1.93. The Morgan fingerprint density at radius 1 is 1.27 bits per heavy atom. The number of hydrogen-bond acceptors (Lipinski definition) is 2. The number of ether oxygens (including phenoxy) is 1. The first-order chi connectivity index (χ1) is 7.33. The Hall–Kier alpha value is -1.90. The summed E-state index contributed by atoms with van der Waals surface area (Å²) >= 11 is 0. The Bertz CT molecular complexity index is 453. The van der Waals surface area contributed by atoms with Crippen molar-refractivity contribution in [1.82, 2.24) is 0 Å². The van der Waals surface area contributed by atoms with Crippen LogP contribution in [0.15, 0.2) is 42.6 Å². The van der Waals surface area contributed by atoms with Gasteiger partial charge in [-0.3, -0.25) is 0 Å². The molecule has 76 valence electrons. The normalized spacial score (nSPS) is 10.2. The molecule has 0 aromatic carbocycles. The molecule has 1 heterocycles. The van der Waals surface area contributed by atoms with Crippen LogP contribution >= 0.6 is 0 Å². The lowest BCUT2D eigenvalue weighted by molar-refractivity contribution is -0.571. The van der Waals surface area contributed by atoms with Gasteiger partial charge in [0.15, 0.2) is 6.20 Å². The fourth-order valence-corrected chi connectivity index (χ4v) is 1.50. The van der Waals surface area contributed by atoms with Crippen LogP contribution in [0.3, 0.4) is 0 Å². The van der Waals surface area contributed by atoms with E-state index in [-0.39, 0.29) is 6.09 Å². The quantitative estimate of drug-likeness (QED) is 0.663. The molecule has 0 unspecified atom stereocenters. The highest BCUT2D eigenvalue weighted by molar-refractivity contribution is 5.65. The standard InChI is InChI=1S/C12H12NO2/c1-2-15-12(14)13-9-8-10-6-4-3-5-7-11(10)13/h3-9H,2H2,1H3/q+1. The summed E-state index contributed by atoms with van der Waals surface area (Å²) < 4.78 is 6.46. The highest BCUT2D eigenvalue weighted by Gasteiger charge is 2.24. The average Bonchev–Trinajstić information content (AvgIpc) is 2.48. The van der Waals surface area contributed by atoms with Crippen molar-refractivity contribution < 1.29 is 14.1 Å². The van der Waals surface area contributed by atoms with Crippen molar-refractivity contribution in [1.29, 1.82) is 0 Å². The molecule has 0 atom stereocenters. The van der Waals surface area contributed by atoms with Crippen LogP contribution in [0.4, 0.5) is 4.79 Å². The molecule has 0 amide bonds. The van der Waals surface area contributed by atoms with Crippen LogP contribution in [0, 0.1) is 0 Å². The summed E-state index contributed by atoms with van der Waals surface area (Å²) in [7, 11) is 0. The molecule has 0 saturated heterocycles. The number of rotatable bonds is 1. The van der Waals surface area contributed by atoms with Crippen molar-refractivity contribution >= 4 is 6.09 Å². The molecule has 0 saturated carbocycles. The van der Waals surface area contributed by atoms with E-state index in [1.807, 2.05) is 36.4 Å². The van der Waals surface area contributed by atoms with Gasteiger partial charge in [-0.05, 0) is 13.0 Å². The molecular weight excluding hydrogens is 190 g/mol. The maximum atomic E-state index is 11.6. The SMILES string of the molecule is CCOC(=O)[n+]1ccc2cccccc1-2. The maximum Gasteiger partial charge on any atom is 0.602 e. The molecule has 2 aliphatic rings. The van der Waals surface area contributed by atoms with Gasteiger partial charge < -0.3 is 4.74 Å². The van der Waals surface area contributed by atoms with Gasteiger partial charge in [-0.25, -0.2) is 0 Å². The van der Waals surface area contributed by atoms with Gasteiger partial charge in [-0.2, -0.15) is 4.79 Å². The van der Waals surface area contributed by atoms with E-state index in [4.69, 9.17) is 4.74 Å². The van der Waals surface area contributed by atoms with Gasteiger partial charge in [0.1, 0.15) is 0 Å². The van der Waals surface area contributed by atoms with E-state index in [0.717, 1.165) is 11.3 Å². The monoisotopic (exact) mass is 202 g/mol. The number of carbonyl (C=O) groups is 1. The zero-order valence-electron chi connectivity index (χ0n) is 8.51. The molecule has 0 aromatic heterocycles. The molecule has 0 bridgehead atoms. The van der Waals surface area contributed by atoms with E-state index in [9.17, 15) is 4.79 Å². The number of fused-ring (bicyclic) bond motifs is 1. The van der Waals surface area contributed by atoms with Crippen LogP contribution in [0.25, 0.3) is 11.3 Å². The molecule has 0 fully saturated rings. The molecule has 1 aliphatic carbocycles. The van der Waals surface area contributed by atoms with Gasteiger partial charge in [-0.1, -0.05) is 22.8 Å². The molecule has 15 heavy (non-hydrogen) atoms. The van der Waals surface area contributed by atoms with Crippen LogP contribution in [-0.4, -0.2) is 12.7 Å². The largest absolute Gasteiger partial charge is 0.602 e. The molecule has 0 spiro atoms. The minimum atomic E-state index is -0.335. The average molecular weight is 202 g/mol. The molecule has 2 rings (SSSR count). The van der Waals surface area contributed by atoms with Crippen LogP contribution in [0.1, 0.15) is 6.92 Å². The third-order valence-electron chi connectivity index (χ3n) is 2.18. The molecule has 0 radical (unpaired) electrons. The molecule has 0 N–H and O–H groups in total. The van der Waals surface area contributed by atoms with Crippen LogP contribution in [0.2, 0.25) is 0 Å². The summed E-state index contributed by atoms with van der Waals surface area (Å²) in [4.78, 5) is 11.6. The van der Waals surface area contributed by atoms with Crippen molar-refractivity contribution in [3.63, 3.8) is 0 Å². The van der Waals surface area contributed by atoms with E-state index in [1.54, 1.807) is 13.1 Å². The minimum absolute atomic E-state index is 0.335. The molecule has 0 aromatic rings. The molecular formula is C12H12NO2+. The second-order valence-corrected chi connectivity index (χ2v) is 3.14. The number of hydrogen-bond donors (Lipinski definition) is 0. The van der Waals surface area contributed by atoms with Crippen LogP contribution in [-0.2, 0) is 4.74 Å². The highest BCUT2D eigenvalue weighted by atomic mass is 16.5. The van der Waals surface area contributed by atoms with Gasteiger partial charge in [0.25, 0.3) is 0 Å². The van der Waals surface area contributed by atoms with Gasteiger partial charge in [-0.15, -0.1) is 0 Å². The van der Waals surface area contributed by atoms with Crippen molar-refractivity contribution in [2.75, 3.05) is 6.61 Å². The maximum absolute atomic E-state index is 11.6. The third-order valence-corrected chi connectivity index (χ3v) is 2.18. The zero-order valence-corrected chi connectivity index (χ0v) is 8.51. The number of aromatic nitrogens is 1. The summed E-state index contributed by atoms with van der Waals surface area (Å²) in [6.07, 6.45) is 1.39. The smallest absolute Gasteiger partial charge is 0.412 e. The Labute approximate surface area is 88.3 Å². The van der Waals surface area contributed by atoms with E-state index >= 15 is 0 Å². The van der Waals surface area contributed by atoms with Crippen molar-refractivity contribution in [3.05, 3.63) is 42.6 Å². The summed E-state index contributed by atoms with van der Waals surface area (Å²) in [5, 5.41) is 0. The topological polar surface area (TPSA) is 30.2 Å². The summed E-state index contributed by atoms with van der Waals surface area (Å²) in [5.74, 6) is 0.